The highest BCUT2D eigenvalue weighted by molar-refractivity contribution is 5.71. The van der Waals surface area contributed by atoms with Crippen molar-refractivity contribution in [3.63, 3.8) is 0 Å². The van der Waals surface area contributed by atoms with E-state index in [1.165, 1.54) is 89.9 Å². The van der Waals surface area contributed by atoms with Gasteiger partial charge in [0.25, 0.3) is 0 Å². The molecule has 0 aliphatic carbocycles. The highest BCUT2D eigenvalue weighted by Crippen LogP contribution is 2.14. The first kappa shape index (κ1) is 62.3. The van der Waals surface area contributed by atoms with Crippen molar-refractivity contribution >= 4 is 17.9 Å². The molecule has 66 heavy (non-hydrogen) atoms. The Kier molecular flexibility index (Phi) is 50.9. The first-order valence-electron chi connectivity index (χ1n) is 27.3. The maximum atomic E-state index is 12.8. The number of carbonyl (C=O) groups is 3. The lowest BCUT2D eigenvalue weighted by atomic mass is 10.1. The van der Waals surface area contributed by atoms with Crippen molar-refractivity contribution < 1.29 is 28.6 Å². The molecule has 0 bridgehead atoms. The predicted octanol–water partition coefficient (Wildman–Crippen LogP) is 18.1. The van der Waals surface area contributed by atoms with Gasteiger partial charge in [0.2, 0.25) is 0 Å². The lowest BCUT2D eigenvalue weighted by Crippen LogP contribution is -2.30. The fraction of sp³-hybridized carbons (Fsp3) is 0.683. The number of allylic oxidation sites excluding steroid dienone is 16. The van der Waals surface area contributed by atoms with Crippen LogP contribution in [0.2, 0.25) is 0 Å². The van der Waals surface area contributed by atoms with Crippen LogP contribution in [-0.4, -0.2) is 37.2 Å². The van der Waals surface area contributed by atoms with Crippen molar-refractivity contribution in [3.8, 4) is 0 Å². The Morgan fingerprint density at radius 2 is 0.667 bits per heavy atom. The number of carbonyl (C=O) groups excluding carboxylic acids is 3. The molecule has 0 radical (unpaired) electrons. The van der Waals surface area contributed by atoms with E-state index in [4.69, 9.17) is 14.2 Å². The Bertz CT molecular complexity index is 1330. The molecule has 0 aliphatic heterocycles. The van der Waals surface area contributed by atoms with E-state index in [1.54, 1.807) is 0 Å². The summed E-state index contributed by atoms with van der Waals surface area (Å²) in [4.78, 5) is 38.1. The topological polar surface area (TPSA) is 78.9 Å². The zero-order chi connectivity index (χ0) is 47.9. The maximum Gasteiger partial charge on any atom is 0.306 e. The Labute approximate surface area is 407 Å². The van der Waals surface area contributed by atoms with Gasteiger partial charge < -0.3 is 14.2 Å². The van der Waals surface area contributed by atoms with E-state index >= 15 is 0 Å². The van der Waals surface area contributed by atoms with Crippen molar-refractivity contribution in [2.45, 2.75) is 252 Å². The van der Waals surface area contributed by atoms with Gasteiger partial charge in [0.15, 0.2) is 6.10 Å². The largest absolute Gasteiger partial charge is 0.462 e. The molecule has 0 saturated heterocycles. The van der Waals surface area contributed by atoms with Gasteiger partial charge in [-0.25, -0.2) is 0 Å². The Morgan fingerprint density at radius 3 is 1.09 bits per heavy atom. The number of hydrogen-bond acceptors (Lipinski definition) is 6. The summed E-state index contributed by atoms with van der Waals surface area (Å²) in [6.07, 6.45) is 71.0. The van der Waals surface area contributed by atoms with Crippen LogP contribution >= 0.6 is 0 Å². The lowest BCUT2D eigenvalue weighted by Gasteiger charge is -2.18. The van der Waals surface area contributed by atoms with Crippen LogP contribution in [0.15, 0.2) is 97.2 Å². The molecule has 1 atom stereocenters. The summed E-state index contributed by atoms with van der Waals surface area (Å²) in [6.45, 7) is 6.35. The molecule has 376 valence electrons. The first-order chi connectivity index (χ1) is 32.5. The van der Waals surface area contributed by atoms with E-state index in [9.17, 15) is 14.4 Å². The second kappa shape index (κ2) is 53.9. The van der Waals surface area contributed by atoms with Crippen LogP contribution in [0.1, 0.15) is 245 Å². The summed E-state index contributed by atoms with van der Waals surface area (Å²) in [6, 6.07) is 0. The minimum atomic E-state index is -0.794. The fourth-order valence-corrected chi connectivity index (χ4v) is 7.31. The van der Waals surface area contributed by atoms with Crippen molar-refractivity contribution in [3.05, 3.63) is 97.2 Å². The zero-order valence-electron chi connectivity index (χ0n) is 42.9. The molecule has 6 heteroatoms. The van der Waals surface area contributed by atoms with Gasteiger partial charge in [0.05, 0.1) is 0 Å². The zero-order valence-corrected chi connectivity index (χ0v) is 42.9. The van der Waals surface area contributed by atoms with Gasteiger partial charge in [-0.1, -0.05) is 221 Å². The number of esters is 3. The van der Waals surface area contributed by atoms with Gasteiger partial charge in [-0.05, 0) is 103 Å². The summed E-state index contributed by atoms with van der Waals surface area (Å²) in [5.74, 6) is -0.924. The van der Waals surface area contributed by atoms with Gasteiger partial charge in [-0.15, -0.1) is 0 Å². The molecular weight excluding hydrogens is 817 g/mol. The minimum Gasteiger partial charge on any atom is -0.462 e. The van der Waals surface area contributed by atoms with E-state index in [0.29, 0.717) is 19.3 Å². The van der Waals surface area contributed by atoms with Gasteiger partial charge in [-0.2, -0.15) is 0 Å². The van der Waals surface area contributed by atoms with Crippen molar-refractivity contribution in [1.29, 1.82) is 0 Å². The van der Waals surface area contributed by atoms with E-state index in [1.807, 2.05) is 0 Å². The van der Waals surface area contributed by atoms with E-state index in [2.05, 4.69) is 118 Å². The molecular formula is C60H100O6. The van der Waals surface area contributed by atoms with Gasteiger partial charge in [0.1, 0.15) is 13.2 Å². The van der Waals surface area contributed by atoms with Crippen LogP contribution in [-0.2, 0) is 28.6 Å². The molecule has 0 aromatic rings. The average Bonchev–Trinajstić information content (AvgIpc) is 3.31. The SMILES string of the molecule is CC\C=C/C=C\C=C/CCCCCCCCCC(=O)OCC(COC(=O)CCCCCCCCC/C=C\C/C=C\CCCCC)OC(=O)CCCCCCCC/C=C\C/C=C\C/C=C\CC. The van der Waals surface area contributed by atoms with E-state index < -0.39 is 6.10 Å². The monoisotopic (exact) mass is 917 g/mol. The molecule has 1 unspecified atom stereocenters. The first-order valence-corrected chi connectivity index (χ1v) is 27.3. The Hall–Kier alpha value is -3.67. The summed E-state index contributed by atoms with van der Waals surface area (Å²) in [7, 11) is 0. The number of unbranched alkanes of at least 4 members (excludes halogenated alkanes) is 23. The van der Waals surface area contributed by atoms with Gasteiger partial charge >= 0.3 is 17.9 Å². The Balaban J connectivity index is 4.44. The molecule has 6 nitrogen and oxygen atoms in total. The van der Waals surface area contributed by atoms with Crippen LogP contribution in [0.4, 0.5) is 0 Å². The summed E-state index contributed by atoms with van der Waals surface area (Å²) >= 11 is 0. The second-order valence-corrected chi connectivity index (χ2v) is 17.8. The molecule has 0 amide bonds. The molecule has 0 N–H and O–H groups in total. The van der Waals surface area contributed by atoms with Gasteiger partial charge in [0, 0.05) is 19.3 Å². The second-order valence-electron chi connectivity index (χ2n) is 17.8. The molecule has 0 aliphatic rings. The van der Waals surface area contributed by atoms with E-state index in [0.717, 1.165) is 116 Å². The molecule has 0 saturated carbocycles. The third kappa shape index (κ3) is 51.3. The average molecular weight is 917 g/mol. The lowest BCUT2D eigenvalue weighted by molar-refractivity contribution is -0.167. The summed E-state index contributed by atoms with van der Waals surface area (Å²) in [5.41, 5.74) is 0. The van der Waals surface area contributed by atoms with Gasteiger partial charge in [-0.3, -0.25) is 14.4 Å². The van der Waals surface area contributed by atoms with Crippen molar-refractivity contribution in [2.24, 2.45) is 0 Å². The van der Waals surface area contributed by atoms with Crippen molar-refractivity contribution in [2.75, 3.05) is 13.2 Å². The highest BCUT2D eigenvalue weighted by Gasteiger charge is 2.19. The van der Waals surface area contributed by atoms with Crippen LogP contribution < -0.4 is 0 Å². The van der Waals surface area contributed by atoms with Crippen LogP contribution in [0.3, 0.4) is 0 Å². The van der Waals surface area contributed by atoms with Crippen molar-refractivity contribution in [1.82, 2.24) is 0 Å². The molecule has 0 rings (SSSR count). The summed E-state index contributed by atoms with van der Waals surface area (Å²) < 4.78 is 16.8. The standard InChI is InChI=1S/C60H100O6/c1-4-7-10-13-16-19-22-25-28-30-33-35-38-41-44-47-50-53-59(62)65-56-57(55-64-58(61)52-49-46-43-40-37-34-31-27-24-21-18-15-12-9-6-3)66-60(63)54-51-48-45-42-39-36-32-29-26-23-20-17-14-11-8-5-2/h8-9,11-12,15-21,24-26,28-29,57H,4-7,10,13-14,22-23,27,30-56H2,1-3H3/b11-8-,12-9-,18-15-,19-16-,20-17-,24-21-,28-25-,29-26-. The smallest absolute Gasteiger partial charge is 0.306 e. The van der Waals surface area contributed by atoms with Crippen LogP contribution in [0.25, 0.3) is 0 Å². The molecule has 0 spiro atoms. The molecule has 0 fully saturated rings. The number of rotatable bonds is 48. The number of ether oxygens (including phenoxy) is 3. The molecule has 0 aromatic carbocycles. The van der Waals surface area contributed by atoms with Crippen LogP contribution in [0.5, 0.6) is 0 Å². The molecule has 0 heterocycles. The molecule has 0 aromatic heterocycles. The van der Waals surface area contributed by atoms with Crippen LogP contribution in [0, 0.1) is 0 Å². The maximum absolute atomic E-state index is 12.8. The summed E-state index contributed by atoms with van der Waals surface area (Å²) in [5, 5.41) is 0. The number of hydrogen-bond donors (Lipinski definition) is 0. The quantitative estimate of drug-likeness (QED) is 0.0199. The fourth-order valence-electron chi connectivity index (χ4n) is 7.31. The third-order valence-electron chi connectivity index (χ3n) is 11.4. The third-order valence-corrected chi connectivity index (χ3v) is 11.4. The highest BCUT2D eigenvalue weighted by atomic mass is 16.6. The Morgan fingerprint density at radius 1 is 0.333 bits per heavy atom. The van der Waals surface area contributed by atoms with E-state index in [-0.39, 0.29) is 31.1 Å². The minimum absolute atomic E-state index is 0.0919. The normalized spacial score (nSPS) is 12.8. The predicted molar refractivity (Wildman–Crippen MR) is 284 cm³/mol.